The molecule has 0 radical (unpaired) electrons. The quantitative estimate of drug-likeness (QED) is 0.741. The summed E-state index contributed by atoms with van der Waals surface area (Å²) in [6.07, 6.45) is 0. The zero-order chi connectivity index (χ0) is 13.5. The van der Waals surface area contributed by atoms with Gasteiger partial charge < -0.3 is 14.4 Å². The molecule has 0 unspecified atom stereocenters. The lowest BCUT2D eigenvalue weighted by molar-refractivity contribution is -0.143. The van der Waals surface area contributed by atoms with E-state index in [1.54, 1.807) is 38.2 Å². The fraction of sp³-hybridized carbons (Fsp3) is 0.385. The molecule has 18 heavy (non-hydrogen) atoms. The van der Waals surface area contributed by atoms with Crippen molar-refractivity contribution in [3.8, 4) is 5.75 Å². The molecule has 1 rings (SSSR count). The van der Waals surface area contributed by atoms with E-state index in [0.29, 0.717) is 17.9 Å². The molecule has 0 heterocycles. The molecule has 0 N–H and O–H groups in total. The fourth-order valence-corrected chi connectivity index (χ4v) is 1.45. The van der Waals surface area contributed by atoms with Gasteiger partial charge in [-0.15, -0.1) is 0 Å². The van der Waals surface area contributed by atoms with Gasteiger partial charge in [-0.2, -0.15) is 0 Å². The predicted octanol–water partition coefficient (Wildman–Crippen LogP) is 1.33. The normalized spacial score (nSPS) is 9.72. The van der Waals surface area contributed by atoms with Crippen LogP contribution in [0.4, 0.5) is 0 Å². The number of methoxy groups -OCH3 is 1. The first-order chi connectivity index (χ1) is 8.58. The van der Waals surface area contributed by atoms with Crippen LogP contribution in [0.3, 0.4) is 0 Å². The van der Waals surface area contributed by atoms with Crippen molar-refractivity contribution in [2.45, 2.75) is 6.92 Å². The maximum absolute atomic E-state index is 12.0. The van der Waals surface area contributed by atoms with Crippen LogP contribution in [0.15, 0.2) is 24.3 Å². The van der Waals surface area contributed by atoms with Gasteiger partial charge in [0, 0.05) is 12.6 Å². The van der Waals surface area contributed by atoms with Crippen LogP contribution in [-0.2, 0) is 9.53 Å². The highest BCUT2D eigenvalue weighted by Gasteiger charge is 2.15. The Labute approximate surface area is 106 Å². The van der Waals surface area contributed by atoms with Crippen LogP contribution < -0.4 is 4.74 Å². The molecule has 0 spiro atoms. The fourth-order valence-electron chi connectivity index (χ4n) is 1.45. The molecular weight excluding hydrogens is 234 g/mol. The van der Waals surface area contributed by atoms with Crippen LogP contribution in [0.1, 0.15) is 17.3 Å². The highest BCUT2D eigenvalue weighted by Crippen LogP contribution is 2.13. The van der Waals surface area contributed by atoms with Crippen molar-refractivity contribution in [1.29, 1.82) is 0 Å². The van der Waals surface area contributed by atoms with Crippen LogP contribution in [0.5, 0.6) is 5.75 Å². The number of hydrogen-bond donors (Lipinski definition) is 0. The summed E-state index contributed by atoms with van der Waals surface area (Å²) in [6.45, 7) is 1.96. The van der Waals surface area contributed by atoms with Gasteiger partial charge in [0.05, 0.1) is 13.7 Å². The summed E-state index contributed by atoms with van der Waals surface area (Å²) in [5.74, 6) is -0.0661. The third-order valence-corrected chi connectivity index (χ3v) is 2.33. The molecule has 0 saturated heterocycles. The first-order valence-corrected chi connectivity index (χ1v) is 5.63. The number of carbonyl (C=O) groups is 2. The smallest absolute Gasteiger partial charge is 0.325 e. The number of likely N-dealkylation sites (N-methyl/N-ethyl adjacent to an activating group) is 1. The number of benzene rings is 1. The van der Waals surface area contributed by atoms with Gasteiger partial charge in [0.15, 0.2) is 0 Å². The van der Waals surface area contributed by atoms with Gasteiger partial charge in [-0.1, -0.05) is 6.07 Å². The number of hydrogen-bond acceptors (Lipinski definition) is 4. The topological polar surface area (TPSA) is 55.8 Å². The lowest BCUT2D eigenvalue weighted by Crippen LogP contribution is -2.33. The average Bonchev–Trinajstić information content (AvgIpc) is 2.38. The standard InChI is InChI=1S/C13H17NO4/c1-4-18-12(15)9-14(2)13(16)10-6-5-7-11(8-10)17-3/h5-8H,4,9H2,1-3H3. The molecule has 5 heteroatoms. The summed E-state index contributed by atoms with van der Waals surface area (Å²) < 4.78 is 9.83. The largest absolute Gasteiger partial charge is 0.497 e. The van der Waals surface area contributed by atoms with Crippen LogP contribution in [-0.4, -0.2) is 44.1 Å². The van der Waals surface area contributed by atoms with Gasteiger partial charge in [0.1, 0.15) is 12.3 Å². The number of amides is 1. The molecular formula is C13H17NO4. The molecule has 98 valence electrons. The second-order valence-electron chi connectivity index (χ2n) is 3.70. The third-order valence-electron chi connectivity index (χ3n) is 2.33. The Bertz CT molecular complexity index is 431. The number of esters is 1. The molecule has 0 atom stereocenters. The van der Waals surface area contributed by atoms with E-state index in [-0.39, 0.29) is 12.5 Å². The summed E-state index contributed by atoms with van der Waals surface area (Å²) in [5.41, 5.74) is 0.473. The Hall–Kier alpha value is -2.04. The van der Waals surface area contributed by atoms with Crippen LogP contribution >= 0.6 is 0 Å². The molecule has 1 aromatic carbocycles. The van der Waals surface area contributed by atoms with Gasteiger partial charge >= 0.3 is 5.97 Å². The molecule has 0 aliphatic heterocycles. The second kappa shape index (κ2) is 6.64. The van der Waals surface area contributed by atoms with Crippen molar-refractivity contribution in [3.05, 3.63) is 29.8 Å². The summed E-state index contributed by atoms with van der Waals surface area (Å²) in [5, 5.41) is 0. The molecule has 0 aromatic heterocycles. The Morgan fingerprint density at radius 3 is 2.67 bits per heavy atom. The second-order valence-corrected chi connectivity index (χ2v) is 3.70. The van der Waals surface area contributed by atoms with E-state index < -0.39 is 5.97 Å². The highest BCUT2D eigenvalue weighted by molar-refractivity contribution is 5.96. The van der Waals surface area contributed by atoms with Crippen molar-refractivity contribution in [3.63, 3.8) is 0 Å². The lowest BCUT2D eigenvalue weighted by atomic mass is 10.2. The van der Waals surface area contributed by atoms with Gasteiger partial charge in [0.2, 0.25) is 0 Å². The molecule has 0 aliphatic rings. The van der Waals surface area contributed by atoms with Crippen molar-refractivity contribution < 1.29 is 19.1 Å². The number of carbonyl (C=O) groups excluding carboxylic acids is 2. The maximum Gasteiger partial charge on any atom is 0.325 e. The molecule has 0 saturated carbocycles. The van der Waals surface area contributed by atoms with Crippen LogP contribution in [0, 0.1) is 0 Å². The Kier molecular flexibility index (Phi) is 5.17. The predicted molar refractivity (Wildman–Crippen MR) is 66.6 cm³/mol. The molecule has 0 aliphatic carbocycles. The van der Waals surface area contributed by atoms with Gasteiger partial charge in [-0.3, -0.25) is 9.59 Å². The average molecular weight is 251 g/mol. The molecule has 1 amide bonds. The minimum Gasteiger partial charge on any atom is -0.497 e. The first-order valence-electron chi connectivity index (χ1n) is 5.63. The van der Waals surface area contributed by atoms with Crippen LogP contribution in [0.2, 0.25) is 0 Å². The SMILES string of the molecule is CCOC(=O)CN(C)C(=O)c1cccc(OC)c1. The van der Waals surface area contributed by atoms with Crippen LogP contribution in [0.25, 0.3) is 0 Å². The van der Waals surface area contributed by atoms with Crippen molar-refractivity contribution in [2.24, 2.45) is 0 Å². The van der Waals surface area contributed by atoms with Crippen molar-refractivity contribution in [1.82, 2.24) is 4.90 Å². The summed E-state index contributed by atoms with van der Waals surface area (Å²) in [6, 6.07) is 6.78. The maximum atomic E-state index is 12.0. The number of nitrogens with zero attached hydrogens (tertiary/aromatic N) is 1. The number of ether oxygens (including phenoxy) is 2. The lowest BCUT2D eigenvalue weighted by Gasteiger charge is -2.16. The van der Waals surface area contributed by atoms with E-state index in [0.717, 1.165) is 0 Å². The van der Waals surface area contributed by atoms with Gasteiger partial charge in [-0.25, -0.2) is 0 Å². The van der Waals surface area contributed by atoms with E-state index >= 15 is 0 Å². The minimum atomic E-state index is -0.420. The van der Waals surface area contributed by atoms with Crippen molar-refractivity contribution in [2.75, 3.05) is 27.3 Å². The van der Waals surface area contributed by atoms with E-state index in [9.17, 15) is 9.59 Å². The van der Waals surface area contributed by atoms with E-state index in [4.69, 9.17) is 9.47 Å². The zero-order valence-electron chi connectivity index (χ0n) is 10.8. The Morgan fingerprint density at radius 2 is 2.06 bits per heavy atom. The molecule has 0 bridgehead atoms. The Balaban J connectivity index is 2.70. The molecule has 1 aromatic rings. The monoisotopic (exact) mass is 251 g/mol. The number of rotatable bonds is 5. The van der Waals surface area contributed by atoms with Crippen molar-refractivity contribution >= 4 is 11.9 Å². The van der Waals surface area contributed by atoms with E-state index in [2.05, 4.69) is 0 Å². The van der Waals surface area contributed by atoms with Gasteiger partial charge in [-0.05, 0) is 25.1 Å². The summed E-state index contributed by atoms with van der Waals surface area (Å²) in [4.78, 5) is 24.6. The Morgan fingerprint density at radius 1 is 1.33 bits per heavy atom. The summed E-state index contributed by atoms with van der Waals surface area (Å²) in [7, 11) is 3.09. The first kappa shape index (κ1) is 14.0. The third kappa shape index (κ3) is 3.76. The molecule has 0 fully saturated rings. The summed E-state index contributed by atoms with van der Waals surface area (Å²) >= 11 is 0. The van der Waals surface area contributed by atoms with Gasteiger partial charge in [0.25, 0.3) is 5.91 Å². The highest BCUT2D eigenvalue weighted by atomic mass is 16.5. The van der Waals surface area contributed by atoms with E-state index in [1.807, 2.05) is 0 Å². The zero-order valence-corrected chi connectivity index (χ0v) is 10.8. The minimum absolute atomic E-state index is 0.0656. The molecule has 5 nitrogen and oxygen atoms in total. The van der Waals surface area contributed by atoms with E-state index in [1.165, 1.54) is 12.0 Å².